The van der Waals surface area contributed by atoms with Crippen molar-refractivity contribution in [3.8, 4) is 5.75 Å². The van der Waals surface area contributed by atoms with Crippen LogP contribution in [0.1, 0.15) is 31.0 Å². The van der Waals surface area contributed by atoms with Crippen LogP contribution in [-0.2, 0) is 17.8 Å². The van der Waals surface area contributed by atoms with E-state index >= 15 is 0 Å². The average molecular weight is 406 g/mol. The van der Waals surface area contributed by atoms with Gasteiger partial charge in [0.2, 0.25) is 5.91 Å². The molecule has 1 saturated heterocycles. The summed E-state index contributed by atoms with van der Waals surface area (Å²) in [5.74, 6) is 1.29. The van der Waals surface area contributed by atoms with Crippen LogP contribution in [0.2, 0.25) is 5.02 Å². The molecule has 27 heavy (non-hydrogen) atoms. The third-order valence-corrected chi connectivity index (χ3v) is 6.25. The Labute approximate surface area is 168 Å². The van der Waals surface area contributed by atoms with Gasteiger partial charge in [0.1, 0.15) is 12.4 Å². The van der Waals surface area contributed by atoms with Gasteiger partial charge >= 0.3 is 0 Å². The van der Waals surface area contributed by atoms with Gasteiger partial charge in [-0.25, -0.2) is 4.98 Å². The molecule has 1 aromatic carbocycles. The number of hydrogen-bond acceptors (Lipinski definition) is 5. The monoisotopic (exact) mass is 405 g/mol. The zero-order valence-electron chi connectivity index (χ0n) is 15.4. The standard InChI is InChI=1S/C20H24ClN3O2S/c1-13-3-2-6-24(9-13)10-17-12-27-20(22-17)23-19(25)15-7-14-8-16(21)4-5-18(14)26-11-15/h4-5,8,12-13,15H,2-3,6-7,9-11H2,1H3,(H,22,23,25). The number of thiazole rings is 1. The predicted molar refractivity (Wildman–Crippen MR) is 109 cm³/mol. The number of piperidine rings is 1. The van der Waals surface area contributed by atoms with Gasteiger partial charge in [-0.1, -0.05) is 18.5 Å². The van der Waals surface area contributed by atoms with Gasteiger partial charge in [0.15, 0.2) is 5.13 Å². The highest BCUT2D eigenvalue weighted by molar-refractivity contribution is 7.13. The zero-order valence-corrected chi connectivity index (χ0v) is 17.0. The van der Waals surface area contributed by atoms with Crippen molar-refractivity contribution < 1.29 is 9.53 Å². The van der Waals surface area contributed by atoms with Crippen molar-refractivity contribution in [1.29, 1.82) is 0 Å². The molecule has 2 aromatic rings. The molecule has 5 nitrogen and oxygen atoms in total. The average Bonchev–Trinajstić information content (AvgIpc) is 3.07. The van der Waals surface area contributed by atoms with Crippen LogP contribution >= 0.6 is 22.9 Å². The van der Waals surface area contributed by atoms with E-state index in [9.17, 15) is 4.79 Å². The molecule has 3 heterocycles. The third-order valence-electron chi connectivity index (χ3n) is 5.21. The Morgan fingerprint density at radius 1 is 1.48 bits per heavy atom. The molecule has 2 aliphatic rings. The van der Waals surface area contributed by atoms with Crippen LogP contribution in [0.25, 0.3) is 0 Å². The van der Waals surface area contributed by atoms with Gasteiger partial charge in [0, 0.05) is 23.5 Å². The van der Waals surface area contributed by atoms with Gasteiger partial charge in [-0.3, -0.25) is 9.69 Å². The first kappa shape index (κ1) is 18.7. The molecule has 144 valence electrons. The van der Waals surface area contributed by atoms with Gasteiger partial charge in [0.05, 0.1) is 11.6 Å². The number of nitrogens with zero attached hydrogens (tertiary/aromatic N) is 2. The van der Waals surface area contributed by atoms with Crippen molar-refractivity contribution in [3.05, 3.63) is 39.9 Å². The number of ether oxygens (including phenoxy) is 1. The van der Waals surface area contributed by atoms with Crippen molar-refractivity contribution in [2.75, 3.05) is 25.0 Å². The highest BCUT2D eigenvalue weighted by Crippen LogP contribution is 2.30. The summed E-state index contributed by atoms with van der Waals surface area (Å²) in [5.41, 5.74) is 2.01. The Balaban J connectivity index is 1.34. The fourth-order valence-corrected chi connectivity index (χ4v) is 4.73. The van der Waals surface area contributed by atoms with Crippen molar-refractivity contribution in [2.24, 2.45) is 11.8 Å². The number of nitrogens with one attached hydrogen (secondary N) is 1. The molecule has 1 aromatic heterocycles. The summed E-state index contributed by atoms with van der Waals surface area (Å²) >= 11 is 7.54. The molecular weight excluding hydrogens is 382 g/mol. The molecule has 2 unspecified atom stereocenters. The molecule has 1 N–H and O–H groups in total. The minimum Gasteiger partial charge on any atom is -0.492 e. The van der Waals surface area contributed by atoms with E-state index in [1.807, 2.05) is 17.5 Å². The van der Waals surface area contributed by atoms with Crippen LogP contribution in [0.5, 0.6) is 5.75 Å². The summed E-state index contributed by atoms with van der Waals surface area (Å²) in [4.78, 5) is 19.7. The highest BCUT2D eigenvalue weighted by atomic mass is 35.5. The Bertz CT molecular complexity index is 825. The minimum absolute atomic E-state index is 0.0480. The van der Waals surface area contributed by atoms with Crippen LogP contribution in [0.4, 0.5) is 5.13 Å². The van der Waals surface area contributed by atoms with Crippen molar-refractivity contribution in [1.82, 2.24) is 9.88 Å². The number of anilines is 1. The Morgan fingerprint density at radius 2 is 2.37 bits per heavy atom. The van der Waals surface area contributed by atoms with E-state index in [1.54, 1.807) is 6.07 Å². The number of amides is 1. The second-order valence-electron chi connectivity index (χ2n) is 7.58. The van der Waals surface area contributed by atoms with E-state index in [0.29, 0.717) is 23.2 Å². The number of carbonyl (C=O) groups is 1. The quantitative estimate of drug-likeness (QED) is 0.827. The van der Waals surface area contributed by atoms with Crippen LogP contribution in [0.3, 0.4) is 0 Å². The molecule has 2 atom stereocenters. The number of halogens is 1. The first-order valence-corrected chi connectivity index (χ1v) is 10.7. The maximum absolute atomic E-state index is 12.6. The van der Waals surface area contributed by atoms with Crippen molar-refractivity contribution in [3.63, 3.8) is 0 Å². The number of fused-ring (bicyclic) bond motifs is 1. The maximum Gasteiger partial charge on any atom is 0.233 e. The van der Waals surface area contributed by atoms with Crippen LogP contribution in [-0.4, -0.2) is 35.5 Å². The summed E-state index contributed by atoms with van der Waals surface area (Å²) in [6.07, 6.45) is 3.19. The fourth-order valence-electron chi connectivity index (χ4n) is 3.84. The molecule has 0 radical (unpaired) electrons. The first-order chi connectivity index (χ1) is 13.1. The summed E-state index contributed by atoms with van der Waals surface area (Å²) in [6.45, 7) is 5.79. The number of benzene rings is 1. The first-order valence-electron chi connectivity index (χ1n) is 9.45. The molecule has 0 aliphatic carbocycles. The molecule has 7 heteroatoms. The zero-order chi connectivity index (χ0) is 18.8. The van der Waals surface area contributed by atoms with Crippen LogP contribution < -0.4 is 10.1 Å². The van der Waals surface area contributed by atoms with Gasteiger partial charge in [-0.15, -0.1) is 11.3 Å². The van der Waals surface area contributed by atoms with E-state index in [4.69, 9.17) is 16.3 Å². The largest absolute Gasteiger partial charge is 0.492 e. The van der Waals surface area contributed by atoms with E-state index < -0.39 is 0 Å². The molecule has 1 fully saturated rings. The second-order valence-corrected chi connectivity index (χ2v) is 8.87. The van der Waals surface area contributed by atoms with Gasteiger partial charge in [-0.05, 0) is 55.5 Å². The van der Waals surface area contributed by atoms with E-state index in [0.717, 1.165) is 42.6 Å². The topological polar surface area (TPSA) is 54.5 Å². The molecule has 4 rings (SSSR count). The SMILES string of the molecule is CC1CCCN(Cc2csc(NC(=O)C3COc4ccc(Cl)cc4C3)n2)C1. The Morgan fingerprint density at radius 3 is 3.22 bits per heavy atom. The third kappa shape index (κ3) is 4.62. The number of carbonyl (C=O) groups excluding carboxylic acids is 1. The van der Waals surface area contributed by atoms with Crippen LogP contribution in [0, 0.1) is 11.8 Å². The number of hydrogen-bond donors (Lipinski definition) is 1. The molecule has 1 amide bonds. The number of rotatable bonds is 4. The summed E-state index contributed by atoms with van der Waals surface area (Å²) < 4.78 is 5.72. The fraction of sp³-hybridized carbons (Fsp3) is 0.500. The Kier molecular flexibility index (Phi) is 5.66. The predicted octanol–water partition coefficient (Wildman–Crippen LogP) is 4.22. The lowest BCUT2D eigenvalue weighted by Crippen LogP contribution is -2.34. The summed E-state index contributed by atoms with van der Waals surface area (Å²) in [6, 6.07) is 5.54. The van der Waals surface area contributed by atoms with Gasteiger partial charge < -0.3 is 10.1 Å². The molecule has 0 spiro atoms. The highest BCUT2D eigenvalue weighted by Gasteiger charge is 2.27. The van der Waals surface area contributed by atoms with Crippen LogP contribution in [0.15, 0.2) is 23.6 Å². The smallest absolute Gasteiger partial charge is 0.233 e. The number of likely N-dealkylation sites (tertiary alicyclic amines) is 1. The molecule has 0 saturated carbocycles. The number of aromatic nitrogens is 1. The van der Waals surface area contributed by atoms with Crippen molar-refractivity contribution in [2.45, 2.75) is 32.7 Å². The second kappa shape index (κ2) is 8.17. The Hall–Kier alpha value is -1.63. The van der Waals surface area contributed by atoms with Gasteiger partial charge in [-0.2, -0.15) is 0 Å². The van der Waals surface area contributed by atoms with Crippen molar-refractivity contribution >= 4 is 34.0 Å². The maximum atomic E-state index is 12.6. The molecule has 0 bridgehead atoms. The summed E-state index contributed by atoms with van der Waals surface area (Å²) in [7, 11) is 0. The van der Waals surface area contributed by atoms with E-state index in [1.165, 1.54) is 24.2 Å². The lowest BCUT2D eigenvalue weighted by atomic mass is 9.96. The molecule has 2 aliphatic heterocycles. The van der Waals surface area contributed by atoms with Gasteiger partial charge in [0.25, 0.3) is 0 Å². The van der Waals surface area contributed by atoms with E-state index in [-0.39, 0.29) is 11.8 Å². The minimum atomic E-state index is -0.230. The normalized spacial score (nSPS) is 22.7. The van der Waals surface area contributed by atoms with E-state index in [2.05, 4.69) is 22.1 Å². The lowest BCUT2D eigenvalue weighted by Gasteiger charge is -2.30. The lowest BCUT2D eigenvalue weighted by molar-refractivity contribution is -0.121. The molecular formula is C20H24ClN3O2S. The summed E-state index contributed by atoms with van der Waals surface area (Å²) in [5, 5.41) is 6.33.